The average Bonchev–Trinajstić information content (AvgIpc) is 2.76. The van der Waals surface area contributed by atoms with Crippen LogP contribution in [0.5, 0.6) is 0 Å². The van der Waals surface area contributed by atoms with Crippen LogP contribution in [0.25, 0.3) is 0 Å². The first-order valence-electron chi connectivity index (χ1n) is 5.65. The van der Waals surface area contributed by atoms with Gasteiger partial charge in [0.15, 0.2) is 0 Å². The zero-order valence-electron chi connectivity index (χ0n) is 9.28. The topological polar surface area (TPSA) is 39.1 Å². The van der Waals surface area contributed by atoms with E-state index in [1.54, 1.807) is 0 Å². The fourth-order valence-electron chi connectivity index (χ4n) is 1.93. The monoisotopic (exact) mass is 209 g/mol. The lowest BCUT2D eigenvalue weighted by molar-refractivity contribution is 0.0662. The summed E-state index contributed by atoms with van der Waals surface area (Å²) in [6, 6.07) is 0.544. The van der Waals surface area contributed by atoms with E-state index in [4.69, 9.17) is 4.74 Å². The van der Waals surface area contributed by atoms with Gasteiger partial charge in [-0.2, -0.15) is 5.10 Å². The van der Waals surface area contributed by atoms with Crippen molar-refractivity contribution >= 4 is 0 Å². The summed E-state index contributed by atoms with van der Waals surface area (Å²) in [5.41, 5.74) is 1.32. The van der Waals surface area contributed by atoms with E-state index in [0.29, 0.717) is 6.04 Å². The maximum Gasteiger partial charge on any atom is 0.0563 e. The van der Waals surface area contributed by atoms with Gasteiger partial charge < -0.3 is 10.1 Å². The fraction of sp³-hybridized carbons (Fsp3) is 0.727. The highest BCUT2D eigenvalue weighted by Crippen LogP contribution is 2.20. The number of aromatic nitrogens is 2. The van der Waals surface area contributed by atoms with Crippen molar-refractivity contribution in [2.24, 2.45) is 0 Å². The molecule has 4 nitrogen and oxygen atoms in total. The molecule has 1 fully saturated rings. The van der Waals surface area contributed by atoms with Crippen molar-refractivity contribution in [1.29, 1.82) is 0 Å². The first kappa shape index (κ1) is 10.6. The van der Waals surface area contributed by atoms with Crippen molar-refractivity contribution in [2.75, 3.05) is 26.8 Å². The predicted molar refractivity (Wildman–Crippen MR) is 58.9 cm³/mol. The Bertz CT molecular complexity index is 292. The lowest BCUT2D eigenvalue weighted by Gasteiger charge is -2.22. The first-order valence-corrected chi connectivity index (χ1v) is 5.65. The van der Waals surface area contributed by atoms with Crippen LogP contribution in [0.2, 0.25) is 0 Å². The van der Waals surface area contributed by atoms with Gasteiger partial charge in [0, 0.05) is 19.4 Å². The van der Waals surface area contributed by atoms with E-state index in [1.807, 2.05) is 13.2 Å². The molecule has 4 heteroatoms. The SMILES string of the molecule is CNCCc1cnn(C2CCOCC2)c1. The van der Waals surface area contributed by atoms with E-state index in [2.05, 4.69) is 21.3 Å². The maximum atomic E-state index is 5.34. The van der Waals surface area contributed by atoms with Crippen LogP contribution in [-0.4, -0.2) is 36.6 Å². The van der Waals surface area contributed by atoms with Crippen LogP contribution in [0.15, 0.2) is 12.4 Å². The highest BCUT2D eigenvalue weighted by Gasteiger charge is 2.16. The second-order valence-electron chi connectivity index (χ2n) is 4.03. The Morgan fingerprint density at radius 2 is 2.33 bits per heavy atom. The van der Waals surface area contributed by atoms with Crippen LogP contribution in [0.4, 0.5) is 0 Å². The van der Waals surface area contributed by atoms with Gasteiger partial charge in [-0.1, -0.05) is 0 Å². The van der Waals surface area contributed by atoms with Gasteiger partial charge >= 0.3 is 0 Å². The maximum absolute atomic E-state index is 5.34. The second kappa shape index (κ2) is 5.28. The van der Waals surface area contributed by atoms with Crippen molar-refractivity contribution in [1.82, 2.24) is 15.1 Å². The van der Waals surface area contributed by atoms with Crippen molar-refractivity contribution in [3.63, 3.8) is 0 Å². The molecule has 0 radical (unpaired) electrons. The Morgan fingerprint density at radius 1 is 1.53 bits per heavy atom. The molecule has 0 aliphatic carbocycles. The molecule has 0 bridgehead atoms. The molecule has 1 saturated heterocycles. The van der Waals surface area contributed by atoms with Gasteiger partial charge in [0.25, 0.3) is 0 Å². The molecule has 15 heavy (non-hydrogen) atoms. The molecule has 1 aromatic rings. The van der Waals surface area contributed by atoms with E-state index in [-0.39, 0.29) is 0 Å². The summed E-state index contributed by atoms with van der Waals surface area (Å²) in [7, 11) is 1.98. The molecule has 0 saturated carbocycles. The molecule has 84 valence electrons. The van der Waals surface area contributed by atoms with Crippen molar-refractivity contribution in [3.8, 4) is 0 Å². The predicted octanol–water partition coefficient (Wildman–Crippen LogP) is 0.996. The van der Waals surface area contributed by atoms with E-state index < -0.39 is 0 Å². The zero-order valence-corrected chi connectivity index (χ0v) is 9.28. The van der Waals surface area contributed by atoms with Crippen LogP contribution >= 0.6 is 0 Å². The molecule has 0 atom stereocenters. The molecule has 1 N–H and O–H groups in total. The lowest BCUT2D eigenvalue weighted by Crippen LogP contribution is -2.19. The normalized spacial score (nSPS) is 18.2. The second-order valence-corrected chi connectivity index (χ2v) is 4.03. The fourth-order valence-corrected chi connectivity index (χ4v) is 1.93. The van der Waals surface area contributed by atoms with Gasteiger partial charge in [0.1, 0.15) is 0 Å². The number of hydrogen-bond acceptors (Lipinski definition) is 3. The number of likely N-dealkylation sites (N-methyl/N-ethyl adjacent to an activating group) is 1. The third-order valence-corrected chi connectivity index (χ3v) is 2.88. The highest BCUT2D eigenvalue weighted by molar-refractivity contribution is 5.05. The molecule has 0 aromatic carbocycles. The lowest BCUT2D eigenvalue weighted by atomic mass is 10.1. The largest absolute Gasteiger partial charge is 0.381 e. The first-order chi connectivity index (χ1) is 7.40. The van der Waals surface area contributed by atoms with E-state index >= 15 is 0 Å². The number of ether oxygens (including phenoxy) is 1. The van der Waals surface area contributed by atoms with Crippen molar-refractivity contribution in [2.45, 2.75) is 25.3 Å². The Kier molecular flexibility index (Phi) is 3.75. The minimum Gasteiger partial charge on any atom is -0.381 e. The minimum absolute atomic E-state index is 0.544. The molecular formula is C11H19N3O. The number of nitrogens with one attached hydrogen (secondary N) is 1. The van der Waals surface area contributed by atoms with Crippen LogP contribution in [0, 0.1) is 0 Å². The molecule has 2 heterocycles. The van der Waals surface area contributed by atoms with E-state index in [0.717, 1.165) is 39.0 Å². The van der Waals surface area contributed by atoms with Crippen LogP contribution < -0.4 is 5.32 Å². The summed E-state index contributed by atoms with van der Waals surface area (Å²) < 4.78 is 7.45. The smallest absolute Gasteiger partial charge is 0.0563 e. The molecular weight excluding hydrogens is 190 g/mol. The molecule has 0 amide bonds. The molecule has 1 aliphatic rings. The molecule has 1 aromatic heterocycles. The Morgan fingerprint density at radius 3 is 3.07 bits per heavy atom. The highest BCUT2D eigenvalue weighted by atomic mass is 16.5. The molecule has 0 unspecified atom stereocenters. The van der Waals surface area contributed by atoms with Crippen LogP contribution in [-0.2, 0) is 11.2 Å². The van der Waals surface area contributed by atoms with Gasteiger partial charge in [-0.3, -0.25) is 4.68 Å². The summed E-state index contributed by atoms with van der Waals surface area (Å²) in [4.78, 5) is 0. The van der Waals surface area contributed by atoms with Gasteiger partial charge in [-0.15, -0.1) is 0 Å². The quantitative estimate of drug-likeness (QED) is 0.804. The van der Waals surface area contributed by atoms with Gasteiger partial charge in [0.2, 0.25) is 0 Å². The van der Waals surface area contributed by atoms with Gasteiger partial charge in [-0.05, 0) is 38.4 Å². The minimum atomic E-state index is 0.544. The Hall–Kier alpha value is -0.870. The average molecular weight is 209 g/mol. The summed E-state index contributed by atoms with van der Waals surface area (Å²) in [6.45, 7) is 2.76. The third kappa shape index (κ3) is 2.79. The molecule has 1 aliphatic heterocycles. The van der Waals surface area contributed by atoms with Crippen molar-refractivity contribution < 1.29 is 4.74 Å². The summed E-state index contributed by atoms with van der Waals surface area (Å²) in [5.74, 6) is 0. The summed E-state index contributed by atoms with van der Waals surface area (Å²) >= 11 is 0. The van der Waals surface area contributed by atoms with Crippen molar-refractivity contribution in [3.05, 3.63) is 18.0 Å². The summed E-state index contributed by atoms with van der Waals surface area (Å²) in [6.07, 6.45) is 7.39. The third-order valence-electron chi connectivity index (χ3n) is 2.88. The standard InChI is InChI=1S/C11H19N3O/c1-12-5-2-10-8-13-14(9-10)11-3-6-15-7-4-11/h8-9,11-12H,2-7H2,1H3. The molecule has 0 spiro atoms. The number of rotatable bonds is 4. The number of nitrogens with zero attached hydrogens (tertiary/aromatic N) is 2. The van der Waals surface area contributed by atoms with E-state index in [9.17, 15) is 0 Å². The summed E-state index contributed by atoms with van der Waals surface area (Å²) in [5, 5.41) is 7.57. The number of hydrogen-bond donors (Lipinski definition) is 1. The Balaban J connectivity index is 1.93. The van der Waals surface area contributed by atoms with E-state index in [1.165, 1.54) is 5.56 Å². The Labute approximate surface area is 90.6 Å². The van der Waals surface area contributed by atoms with Crippen LogP contribution in [0.3, 0.4) is 0 Å². The van der Waals surface area contributed by atoms with Gasteiger partial charge in [-0.25, -0.2) is 0 Å². The zero-order chi connectivity index (χ0) is 10.5. The molecule has 2 rings (SSSR count). The van der Waals surface area contributed by atoms with Gasteiger partial charge in [0.05, 0.1) is 12.2 Å². The van der Waals surface area contributed by atoms with Crippen LogP contribution in [0.1, 0.15) is 24.4 Å².